The van der Waals surface area contributed by atoms with Gasteiger partial charge in [0.25, 0.3) is 0 Å². The number of nitriles is 1. The summed E-state index contributed by atoms with van der Waals surface area (Å²) < 4.78 is 0. The van der Waals surface area contributed by atoms with Crippen LogP contribution in [-0.4, -0.2) is 0 Å². The molecule has 1 heteroatoms. The lowest BCUT2D eigenvalue weighted by Crippen LogP contribution is -2.33. The number of hydrogen-bond acceptors (Lipinski definition) is 1. The molecule has 108 valence electrons. The molecule has 1 nitrogen and oxygen atoms in total. The summed E-state index contributed by atoms with van der Waals surface area (Å²) >= 11 is 0. The predicted molar refractivity (Wildman–Crippen MR) is 84.3 cm³/mol. The van der Waals surface area contributed by atoms with Gasteiger partial charge in [-0.1, -0.05) is 45.0 Å². The van der Waals surface area contributed by atoms with E-state index in [0.717, 1.165) is 25.2 Å². The van der Waals surface area contributed by atoms with Gasteiger partial charge >= 0.3 is 0 Å². The van der Waals surface area contributed by atoms with Gasteiger partial charge in [0.1, 0.15) is 0 Å². The average Bonchev–Trinajstić information content (AvgIpc) is 2.41. The molecule has 1 aliphatic rings. The van der Waals surface area contributed by atoms with Crippen LogP contribution in [0.15, 0.2) is 24.3 Å². The molecule has 0 amide bonds. The molecule has 0 spiro atoms. The largest absolute Gasteiger partial charge is 0.198 e. The maximum absolute atomic E-state index is 9.73. The summed E-state index contributed by atoms with van der Waals surface area (Å²) in [6, 6.07) is 11.2. The Labute approximate surface area is 124 Å². The molecule has 0 aliphatic heterocycles. The highest BCUT2D eigenvalue weighted by Crippen LogP contribution is 2.46. The smallest absolute Gasteiger partial charge is 0.0693 e. The monoisotopic (exact) mass is 269 g/mol. The molecule has 0 N–H and O–H groups in total. The van der Waals surface area contributed by atoms with E-state index in [1.165, 1.54) is 24.0 Å². The van der Waals surface area contributed by atoms with Crippen LogP contribution in [0.3, 0.4) is 0 Å². The van der Waals surface area contributed by atoms with Gasteiger partial charge in [-0.15, -0.1) is 0 Å². The Morgan fingerprint density at radius 3 is 2.30 bits per heavy atom. The van der Waals surface area contributed by atoms with Gasteiger partial charge in [-0.2, -0.15) is 5.26 Å². The molecule has 1 fully saturated rings. The summed E-state index contributed by atoms with van der Waals surface area (Å²) in [5, 5.41) is 9.73. The highest BCUT2D eigenvalue weighted by molar-refractivity contribution is 5.28. The van der Waals surface area contributed by atoms with Gasteiger partial charge < -0.3 is 0 Å². The van der Waals surface area contributed by atoms with Crippen molar-refractivity contribution in [1.82, 2.24) is 0 Å². The van der Waals surface area contributed by atoms with E-state index in [1.54, 1.807) is 0 Å². The first-order valence-corrected chi connectivity index (χ1v) is 7.82. The van der Waals surface area contributed by atoms with Crippen LogP contribution in [0.25, 0.3) is 0 Å². The number of nitrogens with zero attached hydrogens (tertiary/aromatic N) is 1. The molecule has 1 aromatic carbocycles. The van der Waals surface area contributed by atoms with Crippen molar-refractivity contribution < 1.29 is 0 Å². The van der Waals surface area contributed by atoms with E-state index < -0.39 is 0 Å². The van der Waals surface area contributed by atoms with Crippen LogP contribution in [0.2, 0.25) is 0 Å². The highest BCUT2D eigenvalue weighted by Gasteiger charge is 2.39. The normalized spacial score (nSPS) is 27.1. The summed E-state index contributed by atoms with van der Waals surface area (Å²) in [6.45, 7) is 9.15. The molecular weight excluding hydrogens is 242 g/mol. The summed E-state index contributed by atoms with van der Waals surface area (Å²) in [5.41, 5.74) is 2.92. The lowest BCUT2D eigenvalue weighted by molar-refractivity contribution is 0.120. The topological polar surface area (TPSA) is 23.8 Å². The second-order valence-corrected chi connectivity index (χ2v) is 7.64. The molecule has 0 aromatic heterocycles. The van der Waals surface area contributed by atoms with E-state index >= 15 is 0 Å². The standard InChI is InChI=1S/C19H27N/c1-15-7-5-6-8-16(15)13-19(14-20)11-9-17(10-12-19)18(2,3)4/h5-8,17H,9-13H2,1-4H3. The van der Waals surface area contributed by atoms with Crippen molar-refractivity contribution in [3.8, 4) is 6.07 Å². The zero-order valence-corrected chi connectivity index (χ0v) is 13.4. The maximum atomic E-state index is 9.73. The molecular formula is C19H27N. The summed E-state index contributed by atoms with van der Waals surface area (Å²) in [4.78, 5) is 0. The van der Waals surface area contributed by atoms with Crippen LogP contribution in [0.5, 0.6) is 0 Å². The van der Waals surface area contributed by atoms with E-state index in [1.807, 2.05) is 0 Å². The minimum atomic E-state index is -0.131. The SMILES string of the molecule is Cc1ccccc1CC1(C#N)CCC(C(C)(C)C)CC1. The Hall–Kier alpha value is -1.29. The molecule has 0 radical (unpaired) electrons. The van der Waals surface area contributed by atoms with Gasteiger partial charge in [0.2, 0.25) is 0 Å². The minimum Gasteiger partial charge on any atom is -0.198 e. The second-order valence-electron chi connectivity index (χ2n) is 7.64. The van der Waals surface area contributed by atoms with Crippen LogP contribution in [-0.2, 0) is 6.42 Å². The Morgan fingerprint density at radius 1 is 1.20 bits per heavy atom. The highest BCUT2D eigenvalue weighted by atomic mass is 14.4. The third-order valence-corrected chi connectivity index (χ3v) is 5.19. The molecule has 0 heterocycles. The lowest BCUT2D eigenvalue weighted by atomic mass is 9.63. The van der Waals surface area contributed by atoms with Crippen LogP contribution >= 0.6 is 0 Å². The van der Waals surface area contributed by atoms with Gasteiger partial charge in [0.15, 0.2) is 0 Å². The Bertz CT molecular complexity index is 493. The summed E-state index contributed by atoms with van der Waals surface area (Å²) in [7, 11) is 0. The fourth-order valence-electron chi connectivity index (χ4n) is 3.54. The minimum absolute atomic E-state index is 0.131. The van der Waals surface area contributed by atoms with Crippen LogP contribution in [0.4, 0.5) is 0 Å². The van der Waals surface area contributed by atoms with Crippen molar-refractivity contribution in [3.63, 3.8) is 0 Å². The van der Waals surface area contributed by atoms with Gasteiger partial charge in [0, 0.05) is 0 Å². The van der Waals surface area contributed by atoms with Gasteiger partial charge in [0.05, 0.1) is 11.5 Å². The van der Waals surface area contributed by atoms with E-state index in [4.69, 9.17) is 0 Å². The third kappa shape index (κ3) is 3.23. The van der Waals surface area contributed by atoms with Crippen molar-refractivity contribution in [3.05, 3.63) is 35.4 Å². The average molecular weight is 269 g/mol. The third-order valence-electron chi connectivity index (χ3n) is 5.19. The fraction of sp³-hybridized carbons (Fsp3) is 0.632. The van der Waals surface area contributed by atoms with Crippen LogP contribution < -0.4 is 0 Å². The van der Waals surface area contributed by atoms with E-state index in [-0.39, 0.29) is 5.41 Å². The van der Waals surface area contributed by atoms with Crippen molar-refractivity contribution in [2.24, 2.45) is 16.7 Å². The Morgan fingerprint density at radius 2 is 1.80 bits per heavy atom. The molecule has 1 aliphatic carbocycles. The quantitative estimate of drug-likeness (QED) is 0.716. The number of rotatable bonds is 2. The molecule has 2 rings (SSSR count). The molecule has 1 aromatic rings. The molecule has 0 saturated heterocycles. The van der Waals surface area contributed by atoms with Crippen molar-refractivity contribution in [2.45, 2.75) is 59.8 Å². The van der Waals surface area contributed by atoms with Gasteiger partial charge in [-0.05, 0) is 61.5 Å². The number of hydrogen-bond donors (Lipinski definition) is 0. The summed E-state index contributed by atoms with van der Waals surface area (Å²) in [5.74, 6) is 0.765. The van der Waals surface area contributed by atoms with E-state index in [9.17, 15) is 5.26 Å². The fourth-order valence-corrected chi connectivity index (χ4v) is 3.54. The molecule has 1 saturated carbocycles. The van der Waals surface area contributed by atoms with E-state index in [0.29, 0.717) is 5.41 Å². The van der Waals surface area contributed by atoms with E-state index in [2.05, 4.69) is 58.0 Å². The van der Waals surface area contributed by atoms with Crippen LogP contribution in [0.1, 0.15) is 57.6 Å². The molecule has 0 unspecified atom stereocenters. The molecule has 0 bridgehead atoms. The van der Waals surface area contributed by atoms with Crippen molar-refractivity contribution >= 4 is 0 Å². The zero-order valence-electron chi connectivity index (χ0n) is 13.4. The van der Waals surface area contributed by atoms with Crippen molar-refractivity contribution in [1.29, 1.82) is 5.26 Å². The zero-order chi connectivity index (χ0) is 14.8. The van der Waals surface area contributed by atoms with Crippen molar-refractivity contribution in [2.75, 3.05) is 0 Å². The first-order chi connectivity index (χ1) is 9.36. The maximum Gasteiger partial charge on any atom is 0.0693 e. The van der Waals surface area contributed by atoms with Gasteiger partial charge in [-0.25, -0.2) is 0 Å². The molecule has 20 heavy (non-hydrogen) atoms. The molecule has 0 atom stereocenters. The predicted octanol–water partition coefficient (Wildman–Crippen LogP) is 5.28. The number of benzene rings is 1. The second kappa shape index (κ2) is 5.60. The van der Waals surface area contributed by atoms with Crippen LogP contribution in [0, 0.1) is 35.0 Å². The first-order valence-electron chi connectivity index (χ1n) is 7.82. The lowest BCUT2D eigenvalue weighted by Gasteiger charge is -2.41. The summed E-state index contributed by atoms with van der Waals surface area (Å²) in [6.07, 6.45) is 5.43. The Kier molecular flexibility index (Phi) is 4.23. The first kappa shape index (κ1) is 15.1. The Balaban J connectivity index is 2.10. The van der Waals surface area contributed by atoms with Gasteiger partial charge in [-0.3, -0.25) is 0 Å². The number of aryl methyl sites for hydroxylation is 1.